The second kappa shape index (κ2) is 9.76. The second-order valence-corrected chi connectivity index (χ2v) is 4.08. The summed E-state index contributed by atoms with van der Waals surface area (Å²) >= 11 is 0. The minimum absolute atomic E-state index is 0.100. The quantitative estimate of drug-likeness (QED) is 0.658. The van der Waals surface area contributed by atoms with E-state index in [1.165, 1.54) is 13.0 Å². The average Bonchev–Trinajstić information content (AvgIpc) is 2.27. The summed E-state index contributed by atoms with van der Waals surface area (Å²) in [6.07, 6.45) is 4.01. The van der Waals surface area contributed by atoms with Crippen LogP contribution in [0, 0.1) is 0 Å². The summed E-state index contributed by atoms with van der Waals surface area (Å²) in [6, 6.07) is -0.100. The zero-order valence-electron chi connectivity index (χ0n) is 11.0. The van der Waals surface area contributed by atoms with Crippen molar-refractivity contribution in [3.05, 3.63) is 23.6 Å². The van der Waals surface area contributed by atoms with E-state index in [2.05, 4.69) is 5.32 Å². The lowest BCUT2D eigenvalue weighted by atomic mass is 10.0. The monoisotopic (exact) mass is 260 g/mol. The van der Waals surface area contributed by atoms with Gasteiger partial charge >= 0.3 is 0 Å². The van der Waals surface area contributed by atoms with E-state index in [4.69, 9.17) is 5.73 Å². The molecule has 0 radical (unpaired) electrons. The van der Waals surface area contributed by atoms with Crippen molar-refractivity contribution in [2.75, 3.05) is 13.2 Å². The van der Waals surface area contributed by atoms with Gasteiger partial charge in [-0.2, -0.15) is 0 Å². The van der Waals surface area contributed by atoms with Crippen LogP contribution < -0.4 is 11.1 Å². The minimum Gasteiger partial charge on any atom is -0.353 e. The van der Waals surface area contributed by atoms with E-state index in [1.54, 1.807) is 0 Å². The normalized spacial score (nSPS) is 14.5. The van der Waals surface area contributed by atoms with Crippen molar-refractivity contribution in [2.45, 2.75) is 39.2 Å². The summed E-state index contributed by atoms with van der Waals surface area (Å²) in [4.78, 5) is 11.0. The topological polar surface area (TPSA) is 55.1 Å². The van der Waals surface area contributed by atoms with E-state index in [0.29, 0.717) is 25.8 Å². The summed E-state index contributed by atoms with van der Waals surface area (Å²) in [5.41, 5.74) is 6.29. The third kappa shape index (κ3) is 7.95. The first-order valence-electron chi connectivity index (χ1n) is 6.11. The molecule has 1 amide bonds. The Kier molecular flexibility index (Phi) is 9.10. The highest BCUT2D eigenvalue weighted by Crippen LogP contribution is 2.15. The summed E-state index contributed by atoms with van der Waals surface area (Å²) in [7, 11) is 0. The number of alkyl halides is 1. The third-order valence-corrected chi connectivity index (χ3v) is 2.50. The Morgan fingerprint density at radius 3 is 2.61 bits per heavy atom. The first-order chi connectivity index (χ1) is 8.53. The highest BCUT2D eigenvalue weighted by atomic mass is 19.1. The molecule has 0 aliphatic carbocycles. The number of nitrogens with one attached hydrogen (secondary N) is 1. The van der Waals surface area contributed by atoms with Crippen molar-refractivity contribution in [3.8, 4) is 0 Å². The van der Waals surface area contributed by atoms with Gasteiger partial charge in [0.25, 0.3) is 0 Å². The van der Waals surface area contributed by atoms with Crippen LogP contribution in [0.4, 0.5) is 8.78 Å². The number of hydrogen-bond acceptors (Lipinski definition) is 2. The molecule has 0 rings (SSSR count). The number of amides is 1. The van der Waals surface area contributed by atoms with Gasteiger partial charge in [-0.3, -0.25) is 4.79 Å². The average molecular weight is 260 g/mol. The van der Waals surface area contributed by atoms with Gasteiger partial charge in [0.05, 0.1) is 0 Å². The molecule has 0 saturated heterocycles. The molecule has 0 aromatic rings. The molecule has 0 aliphatic rings. The molecule has 0 bridgehead atoms. The Labute approximate surface area is 107 Å². The second-order valence-electron chi connectivity index (χ2n) is 4.08. The van der Waals surface area contributed by atoms with Gasteiger partial charge in [-0.25, -0.2) is 8.78 Å². The molecule has 0 aromatic heterocycles. The number of allylic oxidation sites excluding steroid dienone is 3. The van der Waals surface area contributed by atoms with Crippen LogP contribution in [-0.4, -0.2) is 25.2 Å². The fourth-order valence-electron chi connectivity index (χ4n) is 1.66. The minimum atomic E-state index is -0.822. The molecule has 104 valence electrons. The van der Waals surface area contributed by atoms with Crippen molar-refractivity contribution in [2.24, 2.45) is 5.73 Å². The predicted molar refractivity (Wildman–Crippen MR) is 69.4 cm³/mol. The molecule has 0 fully saturated rings. The third-order valence-electron chi connectivity index (χ3n) is 2.50. The van der Waals surface area contributed by atoms with E-state index < -0.39 is 12.5 Å². The largest absolute Gasteiger partial charge is 0.353 e. The number of carbonyl (C=O) groups is 1. The van der Waals surface area contributed by atoms with Crippen LogP contribution in [0.15, 0.2) is 23.6 Å². The van der Waals surface area contributed by atoms with Crippen LogP contribution >= 0.6 is 0 Å². The maximum atomic E-state index is 13.2. The first-order valence-corrected chi connectivity index (χ1v) is 6.11. The first kappa shape index (κ1) is 16.8. The SMILES string of the molecule is CC/C(=C\C(F)=C/CF)C[C@@H](CCN)NC(C)=O. The predicted octanol–water partition coefficient (Wildman–Crippen LogP) is 2.39. The lowest BCUT2D eigenvalue weighted by Crippen LogP contribution is -2.35. The Hall–Kier alpha value is -1.23. The number of hydrogen-bond donors (Lipinski definition) is 2. The van der Waals surface area contributed by atoms with E-state index in [0.717, 1.165) is 11.6 Å². The molecule has 1 atom stereocenters. The molecule has 3 nitrogen and oxygen atoms in total. The van der Waals surface area contributed by atoms with Gasteiger partial charge in [0, 0.05) is 13.0 Å². The Morgan fingerprint density at radius 1 is 1.50 bits per heavy atom. The molecule has 18 heavy (non-hydrogen) atoms. The van der Waals surface area contributed by atoms with Gasteiger partial charge in [0.1, 0.15) is 12.5 Å². The van der Waals surface area contributed by atoms with Crippen LogP contribution in [0.25, 0.3) is 0 Å². The van der Waals surface area contributed by atoms with Crippen molar-refractivity contribution in [1.82, 2.24) is 5.32 Å². The van der Waals surface area contributed by atoms with Crippen molar-refractivity contribution >= 4 is 5.91 Å². The summed E-state index contributed by atoms with van der Waals surface area (Å²) in [5.74, 6) is -0.715. The van der Waals surface area contributed by atoms with Crippen molar-refractivity contribution in [3.63, 3.8) is 0 Å². The van der Waals surface area contributed by atoms with Gasteiger partial charge < -0.3 is 11.1 Å². The van der Waals surface area contributed by atoms with Gasteiger partial charge in [-0.15, -0.1) is 0 Å². The Balaban J connectivity index is 4.64. The standard InChI is InChI=1S/C13H22F2N2O/c1-3-11(8-12(15)4-6-14)9-13(5-7-16)17-10(2)18/h4,8,13H,3,5-7,9,16H2,1-2H3,(H,17,18)/b11-8+,12-4+/t13-/m1/s1. The zero-order valence-corrected chi connectivity index (χ0v) is 11.0. The Morgan fingerprint density at radius 2 is 2.17 bits per heavy atom. The molecule has 0 unspecified atom stereocenters. The van der Waals surface area contributed by atoms with Gasteiger partial charge in [-0.05, 0) is 38.0 Å². The van der Waals surface area contributed by atoms with E-state index in [9.17, 15) is 13.6 Å². The fourth-order valence-corrected chi connectivity index (χ4v) is 1.66. The van der Waals surface area contributed by atoms with Crippen LogP contribution in [0.3, 0.4) is 0 Å². The van der Waals surface area contributed by atoms with E-state index in [-0.39, 0.29) is 11.9 Å². The fraction of sp³-hybridized carbons (Fsp3) is 0.615. The zero-order chi connectivity index (χ0) is 14.0. The Bertz CT molecular complexity index is 314. The lowest BCUT2D eigenvalue weighted by molar-refractivity contribution is -0.119. The molecule has 0 heterocycles. The van der Waals surface area contributed by atoms with Gasteiger partial charge in [0.15, 0.2) is 0 Å². The summed E-state index contributed by atoms with van der Waals surface area (Å²) in [5, 5.41) is 2.78. The van der Waals surface area contributed by atoms with Crippen LogP contribution in [-0.2, 0) is 4.79 Å². The number of halogens is 2. The van der Waals surface area contributed by atoms with E-state index >= 15 is 0 Å². The van der Waals surface area contributed by atoms with Crippen LogP contribution in [0.5, 0.6) is 0 Å². The van der Waals surface area contributed by atoms with Crippen molar-refractivity contribution < 1.29 is 13.6 Å². The lowest BCUT2D eigenvalue weighted by Gasteiger charge is -2.18. The van der Waals surface area contributed by atoms with Gasteiger partial charge in [-0.1, -0.05) is 12.5 Å². The highest BCUT2D eigenvalue weighted by Gasteiger charge is 2.11. The number of carbonyl (C=O) groups excluding carboxylic acids is 1. The molecular weight excluding hydrogens is 238 g/mol. The smallest absolute Gasteiger partial charge is 0.217 e. The summed E-state index contributed by atoms with van der Waals surface area (Å²) in [6.45, 7) is 2.95. The maximum absolute atomic E-state index is 13.2. The van der Waals surface area contributed by atoms with Crippen LogP contribution in [0.1, 0.15) is 33.1 Å². The molecule has 0 saturated carbocycles. The van der Waals surface area contributed by atoms with Crippen LogP contribution in [0.2, 0.25) is 0 Å². The number of rotatable bonds is 8. The molecule has 5 heteroatoms. The van der Waals surface area contributed by atoms with Crippen molar-refractivity contribution in [1.29, 1.82) is 0 Å². The highest BCUT2D eigenvalue weighted by molar-refractivity contribution is 5.73. The van der Waals surface area contributed by atoms with E-state index in [1.807, 2.05) is 6.92 Å². The molecular formula is C13H22F2N2O. The molecule has 0 aromatic carbocycles. The molecule has 0 aliphatic heterocycles. The molecule has 3 N–H and O–H groups in total. The maximum Gasteiger partial charge on any atom is 0.217 e. The van der Waals surface area contributed by atoms with Gasteiger partial charge in [0.2, 0.25) is 5.91 Å². The summed E-state index contributed by atoms with van der Waals surface area (Å²) < 4.78 is 25.1. The molecule has 0 spiro atoms. The number of nitrogens with two attached hydrogens (primary N) is 1.